The summed E-state index contributed by atoms with van der Waals surface area (Å²) in [6.07, 6.45) is 4.81. The summed E-state index contributed by atoms with van der Waals surface area (Å²) in [6.45, 7) is 2.83. The van der Waals surface area contributed by atoms with Crippen molar-refractivity contribution in [2.45, 2.75) is 38.6 Å². The molecular formula is C9H18N2O. The lowest BCUT2D eigenvalue weighted by atomic mass is 9.98. The van der Waals surface area contributed by atoms with Gasteiger partial charge in [0.15, 0.2) is 0 Å². The molecule has 3 heteroatoms. The normalized spacial score (nSPS) is 21.1. The van der Waals surface area contributed by atoms with Crippen molar-refractivity contribution in [3.8, 4) is 0 Å². The number of primary amides is 1. The van der Waals surface area contributed by atoms with E-state index in [4.69, 9.17) is 5.73 Å². The van der Waals surface area contributed by atoms with Crippen LogP contribution in [-0.2, 0) is 4.79 Å². The predicted molar refractivity (Wildman–Crippen MR) is 48.6 cm³/mol. The van der Waals surface area contributed by atoms with Crippen molar-refractivity contribution in [3.63, 3.8) is 0 Å². The largest absolute Gasteiger partial charge is 0.368 e. The first-order valence-corrected chi connectivity index (χ1v) is 4.78. The van der Waals surface area contributed by atoms with Gasteiger partial charge in [-0.1, -0.05) is 19.8 Å². The lowest BCUT2D eigenvalue weighted by molar-refractivity contribution is -0.121. The number of hydrogen-bond acceptors (Lipinski definition) is 2. The van der Waals surface area contributed by atoms with E-state index >= 15 is 0 Å². The number of carbonyl (C=O) groups excluding carboxylic acids is 1. The Hall–Kier alpha value is -0.570. The number of likely N-dealkylation sites (N-methyl/N-ethyl adjacent to an activating group) is 1. The lowest BCUT2D eigenvalue weighted by Gasteiger charge is -2.20. The van der Waals surface area contributed by atoms with Gasteiger partial charge in [0.1, 0.15) is 0 Å². The van der Waals surface area contributed by atoms with Crippen LogP contribution in [0.25, 0.3) is 0 Å². The summed E-state index contributed by atoms with van der Waals surface area (Å²) in [5.74, 6) is 0.297. The average molecular weight is 170 g/mol. The fourth-order valence-corrected chi connectivity index (χ4v) is 2.01. The van der Waals surface area contributed by atoms with Gasteiger partial charge in [0.05, 0.1) is 6.04 Å². The number of amides is 1. The van der Waals surface area contributed by atoms with Gasteiger partial charge in [0.2, 0.25) is 5.91 Å². The number of nitrogens with two attached hydrogens (primary N) is 1. The van der Waals surface area contributed by atoms with Gasteiger partial charge in [-0.25, -0.2) is 0 Å². The van der Waals surface area contributed by atoms with E-state index in [1.54, 1.807) is 0 Å². The van der Waals surface area contributed by atoms with E-state index in [0.717, 1.165) is 19.4 Å². The summed E-state index contributed by atoms with van der Waals surface area (Å²) in [4.78, 5) is 11.0. The molecule has 1 aliphatic carbocycles. The number of carbonyl (C=O) groups is 1. The molecule has 0 aliphatic heterocycles. The Balaban J connectivity index is 2.45. The minimum absolute atomic E-state index is 0.0856. The Morgan fingerprint density at radius 2 is 2.17 bits per heavy atom. The van der Waals surface area contributed by atoms with Crippen molar-refractivity contribution in [2.24, 2.45) is 11.7 Å². The molecule has 12 heavy (non-hydrogen) atoms. The van der Waals surface area contributed by atoms with Gasteiger partial charge < -0.3 is 11.1 Å². The lowest BCUT2D eigenvalue weighted by Crippen LogP contribution is -2.45. The van der Waals surface area contributed by atoms with Crippen LogP contribution in [0.5, 0.6) is 0 Å². The molecule has 1 atom stereocenters. The van der Waals surface area contributed by atoms with Crippen LogP contribution in [-0.4, -0.2) is 18.5 Å². The molecule has 0 saturated heterocycles. The minimum atomic E-state index is -0.191. The second kappa shape index (κ2) is 4.45. The van der Waals surface area contributed by atoms with E-state index in [1.165, 1.54) is 12.8 Å². The Morgan fingerprint density at radius 1 is 1.58 bits per heavy atom. The van der Waals surface area contributed by atoms with Crippen LogP contribution in [0.15, 0.2) is 0 Å². The third-order valence-electron chi connectivity index (χ3n) is 2.60. The van der Waals surface area contributed by atoms with Crippen LogP contribution in [0.3, 0.4) is 0 Å². The SMILES string of the molecule is CCNC(C(N)=O)C1CCCC1. The van der Waals surface area contributed by atoms with E-state index in [0.29, 0.717) is 5.92 Å². The molecule has 3 N–H and O–H groups in total. The van der Waals surface area contributed by atoms with Crippen LogP contribution >= 0.6 is 0 Å². The molecule has 70 valence electrons. The average Bonchev–Trinajstić information content (AvgIpc) is 2.51. The number of nitrogens with one attached hydrogen (secondary N) is 1. The number of rotatable bonds is 4. The molecule has 0 aromatic heterocycles. The van der Waals surface area contributed by atoms with E-state index in [1.807, 2.05) is 6.92 Å². The van der Waals surface area contributed by atoms with Crippen LogP contribution in [0.1, 0.15) is 32.6 Å². The molecule has 1 fully saturated rings. The molecule has 0 spiro atoms. The van der Waals surface area contributed by atoms with E-state index < -0.39 is 0 Å². The fraction of sp³-hybridized carbons (Fsp3) is 0.889. The highest BCUT2D eigenvalue weighted by molar-refractivity contribution is 5.80. The first-order chi connectivity index (χ1) is 5.75. The highest BCUT2D eigenvalue weighted by atomic mass is 16.1. The van der Waals surface area contributed by atoms with E-state index in [2.05, 4.69) is 5.32 Å². The molecule has 1 rings (SSSR count). The van der Waals surface area contributed by atoms with Gasteiger partial charge >= 0.3 is 0 Å². The molecule has 0 radical (unpaired) electrons. The summed E-state index contributed by atoms with van der Waals surface area (Å²) in [5.41, 5.74) is 5.30. The molecule has 0 aromatic rings. The highest BCUT2D eigenvalue weighted by Crippen LogP contribution is 2.27. The zero-order chi connectivity index (χ0) is 8.97. The Labute approximate surface area is 73.7 Å². The van der Waals surface area contributed by atoms with Crippen LogP contribution in [0, 0.1) is 5.92 Å². The third kappa shape index (κ3) is 2.21. The van der Waals surface area contributed by atoms with Crippen LogP contribution < -0.4 is 11.1 Å². The standard InChI is InChI=1S/C9H18N2O/c1-2-11-8(9(10)12)7-5-3-4-6-7/h7-8,11H,2-6H2,1H3,(H2,10,12). The molecule has 1 unspecified atom stereocenters. The topological polar surface area (TPSA) is 55.1 Å². The molecular weight excluding hydrogens is 152 g/mol. The molecule has 0 bridgehead atoms. The van der Waals surface area contributed by atoms with Crippen molar-refractivity contribution in [3.05, 3.63) is 0 Å². The summed E-state index contributed by atoms with van der Waals surface area (Å²) in [6, 6.07) is -0.0856. The molecule has 0 heterocycles. The summed E-state index contributed by atoms with van der Waals surface area (Å²) in [7, 11) is 0. The van der Waals surface area contributed by atoms with Crippen molar-refractivity contribution < 1.29 is 4.79 Å². The zero-order valence-corrected chi connectivity index (χ0v) is 7.68. The summed E-state index contributed by atoms with van der Waals surface area (Å²) >= 11 is 0. The monoisotopic (exact) mass is 170 g/mol. The second-order valence-corrected chi connectivity index (χ2v) is 3.48. The van der Waals surface area contributed by atoms with Crippen molar-refractivity contribution in [1.82, 2.24) is 5.32 Å². The third-order valence-corrected chi connectivity index (χ3v) is 2.60. The van der Waals surface area contributed by atoms with Crippen LogP contribution in [0.2, 0.25) is 0 Å². The van der Waals surface area contributed by atoms with Gasteiger partial charge in [0, 0.05) is 0 Å². The Morgan fingerprint density at radius 3 is 2.58 bits per heavy atom. The minimum Gasteiger partial charge on any atom is -0.368 e. The number of hydrogen-bond donors (Lipinski definition) is 2. The van der Waals surface area contributed by atoms with Gasteiger partial charge in [-0.05, 0) is 25.3 Å². The van der Waals surface area contributed by atoms with Gasteiger partial charge in [0.25, 0.3) is 0 Å². The maximum Gasteiger partial charge on any atom is 0.234 e. The smallest absolute Gasteiger partial charge is 0.234 e. The zero-order valence-electron chi connectivity index (χ0n) is 7.68. The summed E-state index contributed by atoms with van der Waals surface area (Å²) < 4.78 is 0. The maximum atomic E-state index is 11.0. The molecule has 1 saturated carbocycles. The van der Waals surface area contributed by atoms with Crippen molar-refractivity contribution >= 4 is 5.91 Å². The van der Waals surface area contributed by atoms with E-state index in [-0.39, 0.29) is 11.9 Å². The quantitative estimate of drug-likeness (QED) is 0.650. The first kappa shape index (κ1) is 9.52. The van der Waals surface area contributed by atoms with E-state index in [9.17, 15) is 4.79 Å². The van der Waals surface area contributed by atoms with Gasteiger partial charge in [-0.2, -0.15) is 0 Å². The van der Waals surface area contributed by atoms with Gasteiger partial charge in [-0.15, -0.1) is 0 Å². The molecule has 1 amide bonds. The first-order valence-electron chi connectivity index (χ1n) is 4.78. The molecule has 3 nitrogen and oxygen atoms in total. The second-order valence-electron chi connectivity index (χ2n) is 3.48. The van der Waals surface area contributed by atoms with Crippen LogP contribution in [0.4, 0.5) is 0 Å². The van der Waals surface area contributed by atoms with Crippen molar-refractivity contribution in [1.29, 1.82) is 0 Å². The molecule has 0 aromatic carbocycles. The van der Waals surface area contributed by atoms with Gasteiger partial charge in [-0.3, -0.25) is 4.79 Å². The van der Waals surface area contributed by atoms with Crippen molar-refractivity contribution in [2.75, 3.05) is 6.54 Å². The maximum absolute atomic E-state index is 11.0. The Kier molecular flexibility index (Phi) is 3.53. The highest BCUT2D eigenvalue weighted by Gasteiger charge is 2.27. The Bertz CT molecular complexity index is 153. The fourth-order valence-electron chi connectivity index (χ4n) is 2.01. The predicted octanol–water partition coefficient (Wildman–Crippen LogP) is 0.640. The summed E-state index contributed by atoms with van der Waals surface area (Å²) in [5, 5.41) is 3.15. The molecule has 1 aliphatic rings.